The molecule has 5 nitrogen and oxygen atoms in total. The van der Waals surface area contributed by atoms with Crippen LogP contribution < -0.4 is 4.74 Å². The largest absolute Gasteiger partial charge is 0.497 e. The van der Waals surface area contributed by atoms with Crippen molar-refractivity contribution in [3.05, 3.63) is 42.1 Å². The van der Waals surface area contributed by atoms with Crippen LogP contribution in [0.25, 0.3) is 0 Å². The fourth-order valence-electron chi connectivity index (χ4n) is 1.63. The summed E-state index contributed by atoms with van der Waals surface area (Å²) >= 11 is 0. The zero-order chi connectivity index (χ0) is 13.7. The summed E-state index contributed by atoms with van der Waals surface area (Å²) in [5.41, 5.74) is 0.974. The predicted octanol–water partition coefficient (Wildman–Crippen LogP) is 1.64. The molecule has 1 aromatic rings. The Kier molecular flexibility index (Phi) is 4.06. The highest BCUT2D eigenvalue weighted by Crippen LogP contribution is 2.14. The van der Waals surface area contributed by atoms with E-state index in [-0.39, 0.29) is 18.1 Å². The molecule has 19 heavy (non-hydrogen) atoms. The summed E-state index contributed by atoms with van der Waals surface area (Å²) in [6, 6.07) is 9.16. The number of hydrogen-bond donors (Lipinski definition) is 0. The van der Waals surface area contributed by atoms with Crippen LogP contribution >= 0.6 is 0 Å². The van der Waals surface area contributed by atoms with Crippen LogP contribution in [0.15, 0.2) is 41.5 Å². The van der Waals surface area contributed by atoms with Gasteiger partial charge in [-0.2, -0.15) is 5.26 Å². The molecule has 1 heterocycles. The second kappa shape index (κ2) is 5.94. The maximum atomic E-state index is 11.6. The summed E-state index contributed by atoms with van der Waals surface area (Å²) in [7, 11) is 1.59. The lowest BCUT2D eigenvalue weighted by Crippen LogP contribution is -2.32. The molecule has 0 aliphatic carbocycles. The number of hydrogen-bond acceptors (Lipinski definition) is 5. The first-order chi connectivity index (χ1) is 9.24. The van der Waals surface area contributed by atoms with Gasteiger partial charge in [-0.25, -0.2) is 4.99 Å². The van der Waals surface area contributed by atoms with E-state index in [1.807, 2.05) is 18.2 Å². The molecule has 1 unspecified atom stereocenters. The Morgan fingerprint density at radius 1 is 1.37 bits per heavy atom. The van der Waals surface area contributed by atoms with Crippen molar-refractivity contribution in [2.24, 2.45) is 4.99 Å². The van der Waals surface area contributed by atoms with Crippen LogP contribution in [0.2, 0.25) is 0 Å². The molecule has 0 saturated heterocycles. The summed E-state index contributed by atoms with van der Waals surface area (Å²) < 4.78 is 10.5. The minimum Gasteiger partial charge on any atom is -0.497 e. The van der Waals surface area contributed by atoms with Crippen LogP contribution in [0.3, 0.4) is 0 Å². The standard InChI is InChI=1S/C14H12N2O3/c1-18-11-4-2-10(3-5-11)9-19-14-12(8-15)16-7-6-13(14)17/h2-7,14H,9H2,1H3. The highest BCUT2D eigenvalue weighted by molar-refractivity contribution is 6.19. The second-order valence-electron chi connectivity index (χ2n) is 3.88. The van der Waals surface area contributed by atoms with Crippen LogP contribution in [-0.2, 0) is 16.1 Å². The van der Waals surface area contributed by atoms with Crippen molar-refractivity contribution in [1.29, 1.82) is 5.26 Å². The SMILES string of the molecule is COc1ccc(COC2C(=O)C=CN=C2C#N)cc1. The summed E-state index contributed by atoms with van der Waals surface area (Å²) in [5.74, 6) is 0.486. The van der Waals surface area contributed by atoms with Gasteiger partial charge >= 0.3 is 0 Å². The van der Waals surface area contributed by atoms with Gasteiger partial charge in [-0.15, -0.1) is 0 Å². The number of methoxy groups -OCH3 is 1. The van der Waals surface area contributed by atoms with E-state index in [0.29, 0.717) is 0 Å². The first-order valence-corrected chi connectivity index (χ1v) is 5.67. The van der Waals surface area contributed by atoms with Crippen molar-refractivity contribution in [2.75, 3.05) is 7.11 Å². The Morgan fingerprint density at radius 3 is 2.74 bits per heavy atom. The molecule has 0 radical (unpaired) electrons. The molecule has 2 rings (SSSR count). The van der Waals surface area contributed by atoms with Crippen LogP contribution in [0, 0.1) is 11.3 Å². The predicted molar refractivity (Wildman–Crippen MR) is 68.8 cm³/mol. The highest BCUT2D eigenvalue weighted by atomic mass is 16.5. The maximum Gasteiger partial charge on any atom is 0.192 e. The fraction of sp³-hybridized carbons (Fsp3) is 0.214. The molecule has 1 atom stereocenters. The number of ketones is 1. The van der Waals surface area contributed by atoms with E-state index in [1.54, 1.807) is 19.2 Å². The number of benzene rings is 1. The van der Waals surface area contributed by atoms with E-state index in [0.717, 1.165) is 11.3 Å². The second-order valence-corrected chi connectivity index (χ2v) is 3.88. The lowest BCUT2D eigenvalue weighted by atomic mass is 10.1. The number of nitrogens with zero attached hydrogens (tertiary/aromatic N) is 2. The van der Waals surface area contributed by atoms with Crippen molar-refractivity contribution in [3.63, 3.8) is 0 Å². The van der Waals surface area contributed by atoms with Gasteiger partial charge in [0, 0.05) is 12.3 Å². The summed E-state index contributed by atoms with van der Waals surface area (Å²) in [6.07, 6.45) is 1.71. The minimum absolute atomic E-state index is 0.0843. The van der Waals surface area contributed by atoms with Gasteiger partial charge in [-0.05, 0) is 17.7 Å². The van der Waals surface area contributed by atoms with Crippen LogP contribution in [0.5, 0.6) is 5.75 Å². The molecule has 0 saturated carbocycles. The van der Waals surface area contributed by atoms with Gasteiger partial charge in [0.2, 0.25) is 0 Å². The number of carbonyl (C=O) groups is 1. The summed E-state index contributed by atoms with van der Waals surface area (Å²) in [5, 5.41) is 8.88. The zero-order valence-corrected chi connectivity index (χ0v) is 10.4. The first kappa shape index (κ1) is 13.0. The van der Waals surface area contributed by atoms with E-state index >= 15 is 0 Å². The smallest absolute Gasteiger partial charge is 0.192 e. The lowest BCUT2D eigenvalue weighted by molar-refractivity contribution is -0.122. The number of carbonyl (C=O) groups excluding carboxylic acids is 1. The third-order valence-electron chi connectivity index (χ3n) is 2.65. The number of aliphatic imine (C=N–C) groups is 1. The van der Waals surface area contributed by atoms with E-state index in [2.05, 4.69) is 4.99 Å². The average molecular weight is 256 g/mol. The van der Waals surface area contributed by atoms with Gasteiger partial charge in [-0.3, -0.25) is 4.79 Å². The molecule has 1 aromatic carbocycles. The van der Waals surface area contributed by atoms with Gasteiger partial charge in [0.1, 0.15) is 11.8 Å². The fourth-order valence-corrected chi connectivity index (χ4v) is 1.63. The minimum atomic E-state index is -0.905. The Hall–Kier alpha value is -2.45. The van der Waals surface area contributed by atoms with Gasteiger partial charge in [-0.1, -0.05) is 12.1 Å². The Labute approximate surface area is 110 Å². The number of rotatable bonds is 4. The average Bonchev–Trinajstić information content (AvgIpc) is 2.46. The molecule has 1 aliphatic rings. The number of ether oxygens (including phenoxy) is 2. The maximum absolute atomic E-state index is 11.6. The third-order valence-corrected chi connectivity index (χ3v) is 2.65. The van der Waals surface area contributed by atoms with Gasteiger partial charge < -0.3 is 9.47 Å². The number of nitriles is 1. The normalized spacial score (nSPS) is 17.8. The lowest BCUT2D eigenvalue weighted by Gasteiger charge is -2.15. The van der Waals surface area contributed by atoms with Crippen molar-refractivity contribution in [1.82, 2.24) is 0 Å². The van der Waals surface area contributed by atoms with Crippen molar-refractivity contribution >= 4 is 11.5 Å². The molecule has 1 aliphatic heterocycles. The van der Waals surface area contributed by atoms with Crippen LogP contribution in [0.1, 0.15) is 5.56 Å². The Morgan fingerprint density at radius 2 is 2.11 bits per heavy atom. The van der Waals surface area contributed by atoms with E-state index in [9.17, 15) is 4.79 Å². The van der Waals surface area contributed by atoms with E-state index in [4.69, 9.17) is 14.7 Å². The van der Waals surface area contributed by atoms with Crippen molar-refractivity contribution in [2.45, 2.75) is 12.7 Å². The van der Waals surface area contributed by atoms with Crippen LogP contribution in [0.4, 0.5) is 0 Å². The van der Waals surface area contributed by atoms with Gasteiger partial charge in [0.25, 0.3) is 0 Å². The summed E-state index contributed by atoms with van der Waals surface area (Å²) in [4.78, 5) is 15.5. The Balaban J connectivity index is 2.01. The van der Waals surface area contributed by atoms with Crippen molar-refractivity contribution in [3.8, 4) is 11.8 Å². The molecule has 0 fully saturated rings. The first-order valence-electron chi connectivity index (χ1n) is 5.67. The van der Waals surface area contributed by atoms with E-state index in [1.165, 1.54) is 12.3 Å². The quantitative estimate of drug-likeness (QED) is 0.821. The molecule has 5 heteroatoms. The third kappa shape index (κ3) is 3.06. The molecule has 96 valence electrons. The molecule has 0 aromatic heterocycles. The molecule has 0 bridgehead atoms. The topological polar surface area (TPSA) is 71.7 Å². The molecule has 0 amide bonds. The van der Waals surface area contributed by atoms with Gasteiger partial charge in [0.05, 0.1) is 13.7 Å². The monoisotopic (exact) mass is 256 g/mol. The van der Waals surface area contributed by atoms with Crippen LogP contribution in [-0.4, -0.2) is 24.7 Å². The molecular formula is C14H12N2O3. The highest BCUT2D eigenvalue weighted by Gasteiger charge is 2.25. The van der Waals surface area contributed by atoms with E-state index < -0.39 is 6.10 Å². The molecular weight excluding hydrogens is 244 g/mol. The Bertz CT molecular complexity index is 567. The molecule has 0 spiro atoms. The summed E-state index contributed by atoms with van der Waals surface area (Å²) in [6.45, 7) is 0.231. The molecule has 0 N–H and O–H groups in total. The van der Waals surface area contributed by atoms with Crippen molar-refractivity contribution < 1.29 is 14.3 Å². The zero-order valence-electron chi connectivity index (χ0n) is 10.4. The van der Waals surface area contributed by atoms with Gasteiger partial charge in [0.15, 0.2) is 17.6 Å².